The molecule has 1 aromatic heterocycles. The second-order valence-electron chi connectivity index (χ2n) is 4.37. The molecule has 0 spiro atoms. The zero-order valence-corrected chi connectivity index (χ0v) is 10.2. The van der Waals surface area contributed by atoms with E-state index in [0.717, 1.165) is 10.7 Å². The predicted octanol–water partition coefficient (Wildman–Crippen LogP) is 2.18. The highest BCUT2D eigenvalue weighted by Gasteiger charge is 2.34. The van der Waals surface area contributed by atoms with E-state index in [2.05, 4.69) is 10.1 Å². The number of rotatable bonds is 3. The molecule has 2 N–H and O–H groups in total. The standard InChI is InChI=1S/C12H13F3N4/c1-8(16)4-9-2-3-11(19-7-17-6-18-19)10(5-9)12(13,14)15/h2-3,5-8H,4,16H2,1H3. The average molecular weight is 270 g/mol. The van der Waals surface area contributed by atoms with Crippen molar-refractivity contribution in [2.75, 3.05) is 0 Å². The Kier molecular flexibility index (Phi) is 3.57. The van der Waals surface area contributed by atoms with Gasteiger partial charge in [-0.25, -0.2) is 9.67 Å². The van der Waals surface area contributed by atoms with E-state index in [1.54, 1.807) is 13.0 Å². The van der Waals surface area contributed by atoms with Crippen molar-refractivity contribution in [2.24, 2.45) is 5.73 Å². The van der Waals surface area contributed by atoms with Crippen LogP contribution >= 0.6 is 0 Å². The summed E-state index contributed by atoms with van der Waals surface area (Å²) in [5, 5.41) is 3.73. The van der Waals surface area contributed by atoms with Gasteiger partial charge in [0.1, 0.15) is 12.7 Å². The van der Waals surface area contributed by atoms with Crippen LogP contribution in [0.4, 0.5) is 13.2 Å². The number of hydrogen-bond acceptors (Lipinski definition) is 3. The van der Waals surface area contributed by atoms with Crippen LogP contribution < -0.4 is 5.73 Å². The lowest BCUT2D eigenvalue weighted by molar-refractivity contribution is -0.137. The Balaban J connectivity index is 2.50. The summed E-state index contributed by atoms with van der Waals surface area (Å²) < 4.78 is 40.3. The van der Waals surface area contributed by atoms with E-state index in [9.17, 15) is 13.2 Å². The number of alkyl halides is 3. The van der Waals surface area contributed by atoms with Gasteiger partial charge in [0.25, 0.3) is 0 Å². The Labute approximate surface area is 108 Å². The number of nitrogens with two attached hydrogens (primary N) is 1. The zero-order valence-electron chi connectivity index (χ0n) is 10.2. The van der Waals surface area contributed by atoms with E-state index in [-0.39, 0.29) is 11.7 Å². The molecule has 0 fully saturated rings. The lowest BCUT2D eigenvalue weighted by atomic mass is 10.0. The Morgan fingerprint density at radius 3 is 2.63 bits per heavy atom. The summed E-state index contributed by atoms with van der Waals surface area (Å²) in [4.78, 5) is 3.66. The van der Waals surface area contributed by atoms with Crippen molar-refractivity contribution in [3.63, 3.8) is 0 Å². The summed E-state index contributed by atoms with van der Waals surface area (Å²) in [7, 11) is 0. The number of nitrogens with zero attached hydrogens (tertiary/aromatic N) is 3. The molecule has 2 aromatic rings. The molecule has 4 nitrogen and oxygen atoms in total. The first-order valence-electron chi connectivity index (χ1n) is 5.68. The molecule has 0 aliphatic rings. The summed E-state index contributed by atoms with van der Waals surface area (Å²) >= 11 is 0. The van der Waals surface area contributed by atoms with Crippen LogP contribution in [0.2, 0.25) is 0 Å². The first-order chi connectivity index (χ1) is 8.88. The molecule has 0 saturated carbocycles. The van der Waals surface area contributed by atoms with Gasteiger partial charge in [-0.2, -0.15) is 18.3 Å². The van der Waals surface area contributed by atoms with Crippen molar-refractivity contribution in [1.82, 2.24) is 14.8 Å². The van der Waals surface area contributed by atoms with Gasteiger partial charge in [0.15, 0.2) is 0 Å². The molecule has 7 heteroatoms. The summed E-state index contributed by atoms with van der Waals surface area (Å²) in [5.41, 5.74) is 5.37. The molecule has 1 unspecified atom stereocenters. The zero-order chi connectivity index (χ0) is 14.0. The normalized spacial score (nSPS) is 13.5. The molecule has 102 valence electrons. The van der Waals surface area contributed by atoms with Gasteiger partial charge in [0, 0.05) is 6.04 Å². The third-order valence-electron chi connectivity index (χ3n) is 2.59. The number of hydrogen-bond donors (Lipinski definition) is 1. The first kappa shape index (κ1) is 13.5. The fourth-order valence-electron chi connectivity index (χ4n) is 1.84. The summed E-state index contributed by atoms with van der Waals surface area (Å²) in [6, 6.07) is 3.92. The Hall–Kier alpha value is -1.89. The highest BCUT2D eigenvalue weighted by Crippen LogP contribution is 2.34. The van der Waals surface area contributed by atoms with E-state index in [4.69, 9.17) is 5.73 Å². The van der Waals surface area contributed by atoms with Crippen LogP contribution in [0.15, 0.2) is 30.9 Å². The molecule has 0 aliphatic carbocycles. The average Bonchev–Trinajstić information content (AvgIpc) is 2.80. The van der Waals surface area contributed by atoms with E-state index in [0.29, 0.717) is 12.0 Å². The lowest BCUT2D eigenvalue weighted by Gasteiger charge is -2.15. The maximum Gasteiger partial charge on any atom is 0.418 e. The van der Waals surface area contributed by atoms with Crippen LogP contribution in [0.5, 0.6) is 0 Å². The van der Waals surface area contributed by atoms with Gasteiger partial charge in [0.05, 0.1) is 11.3 Å². The van der Waals surface area contributed by atoms with Gasteiger partial charge in [0.2, 0.25) is 0 Å². The van der Waals surface area contributed by atoms with Crippen molar-refractivity contribution in [2.45, 2.75) is 25.6 Å². The Morgan fingerprint density at radius 2 is 2.11 bits per heavy atom. The van der Waals surface area contributed by atoms with Crippen molar-refractivity contribution >= 4 is 0 Å². The van der Waals surface area contributed by atoms with Crippen LogP contribution in [0.1, 0.15) is 18.1 Å². The molecule has 1 atom stereocenters. The maximum atomic E-state index is 13.1. The molecule has 19 heavy (non-hydrogen) atoms. The molecule has 0 radical (unpaired) electrons. The number of aromatic nitrogens is 3. The molecule has 2 rings (SSSR count). The minimum absolute atomic E-state index is 0.0431. The van der Waals surface area contributed by atoms with Gasteiger partial charge in [-0.05, 0) is 31.0 Å². The van der Waals surface area contributed by atoms with Crippen LogP contribution in [-0.2, 0) is 12.6 Å². The molecule has 1 aromatic carbocycles. The molecule has 1 heterocycles. The van der Waals surface area contributed by atoms with Gasteiger partial charge in [-0.3, -0.25) is 0 Å². The third kappa shape index (κ3) is 3.11. The number of benzene rings is 1. The summed E-state index contributed by atoms with van der Waals surface area (Å²) in [5.74, 6) is 0. The van der Waals surface area contributed by atoms with E-state index >= 15 is 0 Å². The van der Waals surface area contributed by atoms with Gasteiger partial charge in [-0.1, -0.05) is 6.07 Å². The largest absolute Gasteiger partial charge is 0.418 e. The quantitative estimate of drug-likeness (QED) is 0.930. The predicted molar refractivity (Wildman–Crippen MR) is 63.7 cm³/mol. The van der Waals surface area contributed by atoms with Gasteiger partial charge < -0.3 is 5.73 Å². The fraction of sp³-hybridized carbons (Fsp3) is 0.333. The highest BCUT2D eigenvalue weighted by molar-refractivity contribution is 5.44. The molecular formula is C12H13F3N4. The van der Waals surface area contributed by atoms with Crippen LogP contribution in [0, 0.1) is 0 Å². The fourth-order valence-corrected chi connectivity index (χ4v) is 1.84. The van der Waals surface area contributed by atoms with E-state index in [1.807, 2.05) is 0 Å². The SMILES string of the molecule is CC(N)Cc1ccc(-n2cncn2)c(C(F)(F)F)c1. The maximum absolute atomic E-state index is 13.1. The second-order valence-corrected chi connectivity index (χ2v) is 4.37. The third-order valence-corrected chi connectivity index (χ3v) is 2.59. The van der Waals surface area contributed by atoms with Crippen molar-refractivity contribution < 1.29 is 13.2 Å². The van der Waals surface area contributed by atoms with Crippen LogP contribution in [0.3, 0.4) is 0 Å². The minimum Gasteiger partial charge on any atom is -0.328 e. The second kappa shape index (κ2) is 5.00. The number of halogens is 3. The van der Waals surface area contributed by atoms with E-state index in [1.165, 1.54) is 18.7 Å². The topological polar surface area (TPSA) is 56.7 Å². The van der Waals surface area contributed by atoms with Gasteiger partial charge in [-0.15, -0.1) is 0 Å². The van der Waals surface area contributed by atoms with E-state index < -0.39 is 11.7 Å². The lowest BCUT2D eigenvalue weighted by Crippen LogP contribution is -2.19. The molecule has 0 saturated heterocycles. The van der Waals surface area contributed by atoms with Crippen LogP contribution in [-0.4, -0.2) is 20.8 Å². The molecule has 0 amide bonds. The Bertz CT molecular complexity index is 547. The van der Waals surface area contributed by atoms with Crippen molar-refractivity contribution in [3.05, 3.63) is 42.0 Å². The van der Waals surface area contributed by atoms with Gasteiger partial charge >= 0.3 is 6.18 Å². The van der Waals surface area contributed by atoms with Crippen molar-refractivity contribution in [1.29, 1.82) is 0 Å². The smallest absolute Gasteiger partial charge is 0.328 e. The monoisotopic (exact) mass is 270 g/mol. The summed E-state index contributed by atoms with van der Waals surface area (Å²) in [6.07, 6.45) is -1.64. The summed E-state index contributed by atoms with van der Waals surface area (Å²) in [6.45, 7) is 1.75. The highest BCUT2D eigenvalue weighted by atomic mass is 19.4. The molecule has 0 bridgehead atoms. The van der Waals surface area contributed by atoms with Crippen LogP contribution in [0.25, 0.3) is 5.69 Å². The first-order valence-corrected chi connectivity index (χ1v) is 5.68. The molecular weight excluding hydrogens is 257 g/mol. The van der Waals surface area contributed by atoms with Crippen molar-refractivity contribution in [3.8, 4) is 5.69 Å². The Morgan fingerprint density at radius 1 is 1.37 bits per heavy atom. The molecule has 0 aliphatic heterocycles. The minimum atomic E-state index is -4.45.